The lowest BCUT2D eigenvalue weighted by atomic mass is 10.1. The van der Waals surface area contributed by atoms with E-state index in [-0.39, 0.29) is 0 Å². The summed E-state index contributed by atoms with van der Waals surface area (Å²) >= 11 is 0. The molecule has 1 unspecified atom stereocenters. The van der Waals surface area contributed by atoms with Crippen LogP contribution in [0.1, 0.15) is 32.1 Å². The molecule has 0 aromatic carbocycles. The molecule has 1 heterocycles. The fourth-order valence-electron chi connectivity index (χ4n) is 2.41. The summed E-state index contributed by atoms with van der Waals surface area (Å²) in [5.41, 5.74) is 0. The highest BCUT2D eigenvalue weighted by molar-refractivity contribution is 5.76. The summed E-state index contributed by atoms with van der Waals surface area (Å²) in [7, 11) is 1.93. The monoisotopic (exact) mass is 240 g/mol. The van der Waals surface area contributed by atoms with Crippen molar-refractivity contribution in [3.63, 3.8) is 0 Å². The van der Waals surface area contributed by atoms with Crippen LogP contribution in [0.2, 0.25) is 0 Å². The second kappa shape index (κ2) is 6.36. The molecule has 2 fully saturated rings. The van der Waals surface area contributed by atoms with Crippen molar-refractivity contribution in [3.8, 4) is 0 Å². The summed E-state index contributed by atoms with van der Waals surface area (Å²) in [5, 5.41) is 3.09. The molecule has 1 N–H and O–H groups in total. The first kappa shape index (κ1) is 12.8. The zero-order chi connectivity index (χ0) is 12.1. The number of carbonyl (C=O) groups is 1. The van der Waals surface area contributed by atoms with Gasteiger partial charge >= 0.3 is 0 Å². The van der Waals surface area contributed by atoms with E-state index >= 15 is 0 Å². The van der Waals surface area contributed by atoms with Gasteiger partial charge in [0.2, 0.25) is 5.91 Å². The lowest BCUT2D eigenvalue weighted by molar-refractivity contribution is -0.132. The maximum Gasteiger partial charge on any atom is 0.222 e. The first-order valence-electron chi connectivity index (χ1n) is 6.83. The van der Waals surface area contributed by atoms with E-state index in [0.717, 1.165) is 39.1 Å². The summed E-state index contributed by atoms with van der Waals surface area (Å²) in [6.45, 7) is 3.56. The van der Waals surface area contributed by atoms with Crippen molar-refractivity contribution in [1.29, 1.82) is 0 Å². The van der Waals surface area contributed by atoms with Gasteiger partial charge in [0.1, 0.15) is 0 Å². The topological polar surface area (TPSA) is 41.6 Å². The zero-order valence-electron chi connectivity index (χ0n) is 10.8. The summed E-state index contributed by atoms with van der Waals surface area (Å²) in [6.07, 6.45) is 5.15. The lowest BCUT2D eigenvalue weighted by Gasteiger charge is -2.25. The van der Waals surface area contributed by atoms with Crippen LogP contribution in [0.25, 0.3) is 0 Å². The molecule has 1 amide bonds. The standard InChI is InChI=1S/C13H24N2O2/c1-14-7-2-3-13(16)15(12-4-5-12)9-11-6-8-17-10-11/h11-12,14H,2-10H2,1H3. The Bertz CT molecular complexity index is 248. The van der Waals surface area contributed by atoms with Crippen LogP contribution in [0.15, 0.2) is 0 Å². The Balaban J connectivity index is 1.76. The number of rotatable bonds is 7. The van der Waals surface area contributed by atoms with Gasteiger partial charge in [-0.2, -0.15) is 0 Å². The zero-order valence-corrected chi connectivity index (χ0v) is 10.8. The smallest absolute Gasteiger partial charge is 0.222 e. The fourth-order valence-corrected chi connectivity index (χ4v) is 2.41. The maximum absolute atomic E-state index is 12.1. The van der Waals surface area contributed by atoms with Crippen molar-refractivity contribution in [1.82, 2.24) is 10.2 Å². The molecule has 2 aliphatic rings. The minimum absolute atomic E-state index is 0.342. The van der Waals surface area contributed by atoms with E-state index in [9.17, 15) is 4.79 Å². The van der Waals surface area contributed by atoms with Gasteiger partial charge in [-0.3, -0.25) is 4.79 Å². The number of carbonyl (C=O) groups excluding carboxylic acids is 1. The predicted octanol–water partition coefficient (Wildman–Crippen LogP) is 1.01. The van der Waals surface area contributed by atoms with E-state index in [1.54, 1.807) is 0 Å². The van der Waals surface area contributed by atoms with Gasteiger partial charge in [0.15, 0.2) is 0 Å². The Morgan fingerprint density at radius 3 is 2.82 bits per heavy atom. The van der Waals surface area contributed by atoms with Gasteiger partial charge in [-0.05, 0) is 39.3 Å². The Kier molecular flexibility index (Phi) is 4.80. The van der Waals surface area contributed by atoms with Crippen LogP contribution in [0, 0.1) is 5.92 Å². The third-order valence-electron chi connectivity index (χ3n) is 3.60. The first-order chi connectivity index (χ1) is 8.31. The molecule has 0 radical (unpaired) electrons. The molecule has 1 aliphatic heterocycles. The molecule has 98 valence electrons. The second-order valence-electron chi connectivity index (χ2n) is 5.21. The van der Waals surface area contributed by atoms with Gasteiger partial charge in [0, 0.05) is 31.5 Å². The quantitative estimate of drug-likeness (QED) is 0.675. The molecule has 2 rings (SSSR count). The number of amides is 1. The van der Waals surface area contributed by atoms with Crippen molar-refractivity contribution in [2.75, 3.05) is 33.4 Å². The number of nitrogens with zero attached hydrogens (tertiary/aromatic N) is 1. The van der Waals surface area contributed by atoms with Gasteiger partial charge in [0.05, 0.1) is 6.61 Å². The Labute approximate surface area is 104 Å². The SMILES string of the molecule is CNCCCC(=O)N(CC1CCOC1)C1CC1. The van der Waals surface area contributed by atoms with E-state index in [4.69, 9.17) is 4.74 Å². The van der Waals surface area contributed by atoms with E-state index in [0.29, 0.717) is 24.3 Å². The molecule has 1 aliphatic carbocycles. The maximum atomic E-state index is 12.1. The van der Waals surface area contributed by atoms with Gasteiger partial charge in [-0.15, -0.1) is 0 Å². The Hall–Kier alpha value is -0.610. The van der Waals surface area contributed by atoms with Crippen LogP contribution >= 0.6 is 0 Å². The molecular weight excluding hydrogens is 216 g/mol. The molecule has 0 aromatic rings. The molecule has 0 bridgehead atoms. The van der Waals surface area contributed by atoms with Gasteiger partial charge in [0.25, 0.3) is 0 Å². The molecule has 1 saturated carbocycles. The Morgan fingerprint density at radius 2 is 2.24 bits per heavy atom. The van der Waals surface area contributed by atoms with E-state index < -0.39 is 0 Å². The van der Waals surface area contributed by atoms with Gasteiger partial charge in [-0.1, -0.05) is 0 Å². The average Bonchev–Trinajstić information content (AvgIpc) is 3.03. The summed E-state index contributed by atoms with van der Waals surface area (Å²) < 4.78 is 5.39. The van der Waals surface area contributed by atoms with Crippen molar-refractivity contribution >= 4 is 5.91 Å². The number of nitrogens with one attached hydrogen (secondary N) is 1. The van der Waals surface area contributed by atoms with E-state index in [2.05, 4.69) is 10.2 Å². The fraction of sp³-hybridized carbons (Fsp3) is 0.923. The van der Waals surface area contributed by atoms with Crippen LogP contribution in [-0.2, 0) is 9.53 Å². The van der Waals surface area contributed by atoms with Crippen molar-refractivity contribution in [3.05, 3.63) is 0 Å². The minimum atomic E-state index is 0.342. The predicted molar refractivity (Wildman–Crippen MR) is 66.8 cm³/mol. The van der Waals surface area contributed by atoms with Crippen LogP contribution in [0.4, 0.5) is 0 Å². The van der Waals surface area contributed by atoms with E-state index in [1.165, 1.54) is 12.8 Å². The van der Waals surface area contributed by atoms with Crippen molar-refractivity contribution < 1.29 is 9.53 Å². The van der Waals surface area contributed by atoms with Crippen LogP contribution in [0.5, 0.6) is 0 Å². The normalized spacial score (nSPS) is 23.9. The molecular formula is C13H24N2O2. The van der Waals surface area contributed by atoms with Crippen molar-refractivity contribution in [2.45, 2.75) is 38.1 Å². The van der Waals surface area contributed by atoms with Crippen LogP contribution in [-0.4, -0.2) is 50.2 Å². The second-order valence-corrected chi connectivity index (χ2v) is 5.21. The molecule has 17 heavy (non-hydrogen) atoms. The molecule has 0 spiro atoms. The van der Waals surface area contributed by atoms with Crippen LogP contribution in [0.3, 0.4) is 0 Å². The largest absolute Gasteiger partial charge is 0.381 e. The molecule has 4 heteroatoms. The highest BCUT2D eigenvalue weighted by Crippen LogP contribution is 2.29. The third-order valence-corrected chi connectivity index (χ3v) is 3.60. The van der Waals surface area contributed by atoms with Crippen LogP contribution < -0.4 is 5.32 Å². The average molecular weight is 240 g/mol. The number of ether oxygens (including phenoxy) is 1. The highest BCUT2D eigenvalue weighted by Gasteiger charge is 2.34. The van der Waals surface area contributed by atoms with Gasteiger partial charge in [-0.25, -0.2) is 0 Å². The minimum Gasteiger partial charge on any atom is -0.381 e. The Morgan fingerprint density at radius 1 is 1.41 bits per heavy atom. The van der Waals surface area contributed by atoms with Gasteiger partial charge < -0.3 is 15.0 Å². The lowest BCUT2D eigenvalue weighted by Crippen LogP contribution is -2.37. The molecule has 1 saturated heterocycles. The van der Waals surface area contributed by atoms with E-state index in [1.807, 2.05) is 7.05 Å². The third kappa shape index (κ3) is 3.96. The molecule has 4 nitrogen and oxygen atoms in total. The number of hydrogen-bond acceptors (Lipinski definition) is 3. The first-order valence-corrected chi connectivity index (χ1v) is 6.83. The number of hydrogen-bond donors (Lipinski definition) is 1. The summed E-state index contributed by atoms with van der Waals surface area (Å²) in [6, 6.07) is 0.540. The summed E-state index contributed by atoms with van der Waals surface area (Å²) in [4.78, 5) is 14.3. The molecule has 0 aromatic heterocycles. The summed E-state index contributed by atoms with van der Waals surface area (Å²) in [5.74, 6) is 0.915. The van der Waals surface area contributed by atoms with Crippen molar-refractivity contribution in [2.24, 2.45) is 5.92 Å². The highest BCUT2D eigenvalue weighted by atomic mass is 16.5. The molecule has 1 atom stereocenters.